The van der Waals surface area contributed by atoms with Crippen LogP contribution in [0.25, 0.3) is 16.7 Å². The number of nitrogens with zero attached hydrogens (tertiary/aromatic N) is 4. The van der Waals surface area contributed by atoms with Gasteiger partial charge >= 0.3 is 0 Å². The summed E-state index contributed by atoms with van der Waals surface area (Å²) in [6.45, 7) is 3.13. The standard InChI is InChI=1S/C20H21N7OS/c1-2-23-20(29)27-18-8-7-16-19(26-18)25-17(12-24-16)14(9-21)11-22-10-13-3-5-15(28)6-4-13/h3-9,11-12,28H,2,10,21H2,1H3,(H2,23,25,26,27,29). The number of nitrogens with one attached hydrogen (secondary N) is 2. The van der Waals surface area contributed by atoms with E-state index in [-0.39, 0.29) is 5.75 Å². The van der Waals surface area contributed by atoms with E-state index in [1.165, 1.54) is 6.20 Å². The van der Waals surface area contributed by atoms with E-state index in [1.807, 2.05) is 25.1 Å². The molecule has 29 heavy (non-hydrogen) atoms. The van der Waals surface area contributed by atoms with Crippen molar-refractivity contribution in [3.8, 4) is 5.75 Å². The maximum absolute atomic E-state index is 9.34. The second kappa shape index (κ2) is 9.56. The van der Waals surface area contributed by atoms with Crippen molar-refractivity contribution in [3.63, 3.8) is 0 Å². The number of allylic oxidation sites excluding steroid dienone is 1. The van der Waals surface area contributed by atoms with Gasteiger partial charge in [-0.2, -0.15) is 0 Å². The Morgan fingerprint density at radius 2 is 2.00 bits per heavy atom. The molecule has 0 aliphatic carbocycles. The molecule has 0 spiro atoms. The highest BCUT2D eigenvalue weighted by atomic mass is 32.1. The van der Waals surface area contributed by atoms with Crippen LogP contribution in [0.1, 0.15) is 18.2 Å². The van der Waals surface area contributed by atoms with E-state index in [1.54, 1.807) is 30.6 Å². The number of aromatic nitrogens is 3. The zero-order valence-electron chi connectivity index (χ0n) is 15.8. The average molecular weight is 408 g/mol. The fourth-order valence-corrected chi connectivity index (χ4v) is 2.72. The van der Waals surface area contributed by atoms with Gasteiger partial charge in [-0.15, -0.1) is 0 Å². The number of fused-ring (bicyclic) bond motifs is 1. The Morgan fingerprint density at radius 3 is 2.72 bits per heavy atom. The summed E-state index contributed by atoms with van der Waals surface area (Å²) in [5.74, 6) is 0.800. The van der Waals surface area contributed by atoms with E-state index in [2.05, 4.69) is 30.6 Å². The number of phenols is 1. The van der Waals surface area contributed by atoms with Crippen LogP contribution in [-0.2, 0) is 6.54 Å². The molecule has 0 aliphatic heterocycles. The highest BCUT2D eigenvalue weighted by Gasteiger charge is 2.07. The lowest BCUT2D eigenvalue weighted by Crippen LogP contribution is -2.28. The maximum atomic E-state index is 9.34. The second-order valence-electron chi connectivity index (χ2n) is 6.04. The van der Waals surface area contributed by atoms with Crippen LogP contribution in [-0.4, -0.2) is 37.9 Å². The molecule has 9 heteroatoms. The summed E-state index contributed by atoms with van der Waals surface area (Å²) < 4.78 is 0. The molecule has 0 unspecified atom stereocenters. The van der Waals surface area contributed by atoms with Gasteiger partial charge in [0.15, 0.2) is 10.8 Å². The first-order chi connectivity index (χ1) is 14.1. The Balaban J connectivity index is 1.78. The van der Waals surface area contributed by atoms with Crippen molar-refractivity contribution in [1.82, 2.24) is 20.3 Å². The number of phenolic OH excluding ortho intramolecular Hbond substituents is 1. The Labute approximate surface area is 173 Å². The van der Waals surface area contributed by atoms with Crippen molar-refractivity contribution in [2.75, 3.05) is 11.9 Å². The summed E-state index contributed by atoms with van der Waals surface area (Å²) in [5, 5.41) is 15.9. The Bertz CT molecular complexity index is 1060. The Kier molecular flexibility index (Phi) is 6.64. The molecule has 8 nitrogen and oxygen atoms in total. The second-order valence-corrected chi connectivity index (χ2v) is 6.45. The highest BCUT2D eigenvalue weighted by Crippen LogP contribution is 2.16. The molecule has 0 fully saturated rings. The van der Waals surface area contributed by atoms with Crippen molar-refractivity contribution >= 4 is 46.1 Å². The lowest BCUT2D eigenvalue weighted by Gasteiger charge is -2.08. The molecule has 5 N–H and O–H groups in total. The molecule has 1 aromatic carbocycles. The third kappa shape index (κ3) is 5.45. The molecule has 0 saturated heterocycles. The van der Waals surface area contributed by atoms with Gasteiger partial charge in [-0.25, -0.2) is 9.97 Å². The number of hydrogen-bond acceptors (Lipinski definition) is 7. The smallest absolute Gasteiger partial charge is 0.180 e. The Morgan fingerprint density at radius 1 is 1.21 bits per heavy atom. The molecule has 3 rings (SSSR count). The number of hydrogen-bond donors (Lipinski definition) is 4. The topological polar surface area (TPSA) is 121 Å². The largest absolute Gasteiger partial charge is 0.508 e. The minimum Gasteiger partial charge on any atom is -0.508 e. The fraction of sp³-hybridized carbons (Fsp3) is 0.150. The van der Waals surface area contributed by atoms with Crippen LogP contribution in [0.3, 0.4) is 0 Å². The van der Waals surface area contributed by atoms with Crippen LogP contribution in [0.15, 0.2) is 53.8 Å². The predicted molar refractivity (Wildman–Crippen MR) is 120 cm³/mol. The molecule has 2 aromatic heterocycles. The first-order valence-corrected chi connectivity index (χ1v) is 9.38. The number of rotatable bonds is 6. The van der Waals surface area contributed by atoms with E-state index in [4.69, 9.17) is 18.0 Å². The molecule has 0 saturated carbocycles. The van der Waals surface area contributed by atoms with Crippen LogP contribution >= 0.6 is 12.2 Å². The summed E-state index contributed by atoms with van der Waals surface area (Å²) in [5.41, 5.74) is 9.05. The van der Waals surface area contributed by atoms with Gasteiger partial charge in [-0.1, -0.05) is 12.1 Å². The summed E-state index contributed by atoms with van der Waals surface area (Å²) in [6, 6.07) is 10.5. The molecule has 148 valence electrons. The normalized spacial score (nSPS) is 11.7. The predicted octanol–water partition coefficient (Wildman–Crippen LogP) is 2.61. The lowest BCUT2D eigenvalue weighted by atomic mass is 10.2. The third-order valence-corrected chi connectivity index (χ3v) is 4.15. The van der Waals surface area contributed by atoms with Gasteiger partial charge in [0, 0.05) is 24.5 Å². The van der Waals surface area contributed by atoms with Crippen molar-refractivity contribution in [2.45, 2.75) is 13.5 Å². The number of aliphatic imine (C=N–C) groups is 1. The SMILES string of the molecule is CCNC(=S)Nc1ccc2ncc(C(C=NCc3ccc(O)cc3)=CN)nc2n1. The summed E-state index contributed by atoms with van der Waals surface area (Å²) >= 11 is 5.18. The van der Waals surface area contributed by atoms with E-state index < -0.39 is 0 Å². The molecule has 0 radical (unpaired) electrons. The molecule has 0 atom stereocenters. The number of nitrogens with two attached hydrogens (primary N) is 1. The van der Waals surface area contributed by atoms with Crippen LogP contribution in [0, 0.1) is 0 Å². The molecular weight excluding hydrogens is 386 g/mol. The number of aromatic hydroxyl groups is 1. The number of pyridine rings is 1. The maximum Gasteiger partial charge on any atom is 0.180 e. The fourth-order valence-electron chi connectivity index (χ4n) is 2.47. The van der Waals surface area contributed by atoms with Crippen LogP contribution in [0.5, 0.6) is 5.75 Å². The van der Waals surface area contributed by atoms with Gasteiger partial charge in [-0.3, -0.25) is 9.98 Å². The highest BCUT2D eigenvalue weighted by molar-refractivity contribution is 7.80. The number of benzene rings is 1. The zero-order chi connectivity index (χ0) is 20.6. The first kappa shape index (κ1) is 20.2. The van der Waals surface area contributed by atoms with Gasteiger partial charge in [0.25, 0.3) is 0 Å². The minimum atomic E-state index is 0.222. The zero-order valence-corrected chi connectivity index (χ0v) is 16.6. The van der Waals surface area contributed by atoms with Crippen molar-refractivity contribution in [2.24, 2.45) is 10.7 Å². The first-order valence-electron chi connectivity index (χ1n) is 8.97. The van der Waals surface area contributed by atoms with Crippen LogP contribution in [0.4, 0.5) is 5.82 Å². The van der Waals surface area contributed by atoms with E-state index in [0.29, 0.717) is 39.9 Å². The van der Waals surface area contributed by atoms with Gasteiger partial charge in [0.2, 0.25) is 0 Å². The lowest BCUT2D eigenvalue weighted by molar-refractivity contribution is 0.475. The van der Waals surface area contributed by atoms with Crippen molar-refractivity contribution < 1.29 is 5.11 Å². The third-order valence-electron chi connectivity index (χ3n) is 3.90. The average Bonchev–Trinajstić information content (AvgIpc) is 2.72. The summed E-state index contributed by atoms with van der Waals surface area (Å²) in [7, 11) is 0. The molecular formula is C20H21N7OS. The van der Waals surface area contributed by atoms with Crippen molar-refractivity contribution in [1.29, 1.82) is 0 Å². The van der Waals surface area contributed by atoms with Gasteiger partial charge in [0.05, 0.1) is 18.4 Å². The Hall–Kier alpha value is -3.59. The molecule has 0 aliphatic rings. The number of anilines is 1. The summed E-state index contributed by atoms with van der Waals surface area (Å²) in [4.78, 5) is 17.8. The quantitative estimate of drug-likeness (QED) is 0.363. The van der Waals surface area contributed by atoms with Crippen LogP contribution < -0.4 is 16.4 Å². The monoisotopic (exact) mass is 407 g/mol. The van der Waals surface area contributed by atoms with E-state index >= 15 is 0 Å². The van der Waals surface area contributed by atoms with Crippen LogP contribution in [0.2, 0.25) is 0 Å². The van der Waals surface area contributed by atoms with E-state index in [9.17, 15) is 5.11 Å². The summed E-state index contributed by atoms with van der Waals surface area (Å²) in [6.07, 6.45) is 4.70. The number of thiocarbonyl (C=S) groups is 1. The minimum absolute atomic E-state index is 0.222. The molecule has 0 bridgehead atoms. The van der Waals surface area contributed by atoms with Gasteiger partial charge in [-0.05, 0) is 49.0 Å². The van der Waals surface area contributed by atoms with Crippen molar-refractivity contribution in [3.05, 3.63) is 60.1 Å². The van der Waals surface area contributed by atoms with E-state index in [0.717, 1.165) is 12.1 Å². The molecule has 3 aromatic rings. The van der Waals surface area contributed by atoms with Gasteiger partial charge in [0.1, 0.15) is 17.1 Å². The van der Waals surface area contributed by atoms with Gasteiger partial charge < -0.3 is 21.5 Å². The molecule has 2 heterocycles. The molecule has 0 amide bonds.